The van der Waals surface area contributed by atoms with Gasteiger partial charge in [0.2, 0.25) is 0 Å². The summed E-state index contributed by atoms with van der Waals surface area (Å²) in [4.78, 5) is 0. The molecule has 0 amide bonds. The zero-order chi connectivity index (χ0) is 13.7. The molecule has 1 aromatic rings. The van der Waals surface area contributed by atoms with Crippen molar-refractivity contribution in [1.29, 1.82) is 0 Å². The lowest BCUT2D eigenvalue weighted by atomic mass is 9.89. The van der Waals surface area contributed by atoms with E-state index in [4.69, 9.17) is 0 Å². The molecule has 2 unspecified atom stereocenters. The van der Waals surface area contributed by atoms with Crippen LogP contribution in [0.15, 0.2) is 12.1 Å². The molecule has 1 N–H and O–H groups in total. The largest absolute Gasteiger partial charge is 0.388 e. The highest BCUT2D eigenvalue weighted by atomic mass is 19.2. The Labute approximate surface area is 106 Å². The van der Waals surface area contributed by atoms with E-state index in [2.05, 4.69) is 0 Å². The van der Waals surface area contributed by atoms with E-state index in [1.165, 1.54) is 0 Å². The lowest BCUT2D eigenvalue weighted by molar-refractivity contribution is 0.0943. The van der Waals surface area contributed by atoms with Gasteiger partial charge in [-0.3, -0.25) is 0 Å². The van der Waals surface area contributed by atoms with Gasteiger partial charge in [-0.1, -0.05) is 39.2 Å². The Morgan fingerprint density at radius 2 is 1.78 bits per heavy atom. The minimum absolute atomic E-state index is 0.135. The molecule has 1 nitrogen and oxygen atoms in total. The van der Waals surface area contributed by atoms with Gasteiger partial charge >= 0.3 is 0 Å². The third-order valence-electron chi connectivity index (χ3n) is 3.28. The van der Waals surface area contributed by atoms with E-state index < -0.39 is 23.6 Å². The molecular formula is C14H19F3O. The summed E-state index contributed by atoms with van der Waals surface area (Å²) in [5.41, 5.74) is -0.156. The van der Waals surface area contributed by atoms with E-state index in [0.717, 1.165) is 31.4 Å². The maximum absolute atomic E-state index is 13.6. The second-order valence-electron chi connectivity index (χ2n) is 4.52. The van der Waals surface area contributed by atoms with Crippen LogP contribution in [0.2, 0.25) is 0 Å². The molecule has 4 heteroatoms. The second-order valence-corrected chi connectivity index (χ2v) is 4.52. The Bertz CT molecular complexity index is 393. The number of hydrogen-bond acceptors (Lipinski definition) is 1. The number of unbranched alkanes of at least 4 members (excludes halogenated alkanes) is 1. The van der Waals surface area contributed by atoms with Crippen molar-refractivity contribution >= 4 is 0 Å². The van der Waals surface area contributed by atoms with Gasteiger partial charge in [0.25, 0.3) is 0 Å². The molecule has 0 aliphatic rings. The van der Waals surface area contributed by atoms with Crippen molar-refractivity contribution in [2.45, 2.75) is 45.6 Å². The summed E-state index contributed by atoms with van der Waals surface area (Å²) in [6.45, 7) is 3.92. The van der Waals surface area contributed by atoms with Crippen molar-refractivity contribution in [3.05, 3.63) is 35.1 Å². The summed E-state index contributed by atoms with van der Waals surface area (Å²) in [5, 5.41) is 10.1. The average Bonchev–Trinajstić information content (AvgIpc) is 2.37. The Morgan fingerprint density at radius 3 is 2.33 bits per heavy atom. The van der Waals surface area contributed by atoms with Crippen LogP contribution in [0.5, 0.6) is 0 Å². The Kier molecular flexibility index (Phi) is 5.66. The zero-order valence-corrected chi connectivity index (χ0v) is 10.7. The minimum Gasteiger partial charge on any atom is -0.388 e. The number of hydrogen-bond donors (Lipinski definition) is 1. The Balaban J connectivity index is 2.94. The van der Waals surface area contributed by atoms with E-state index in [0.29, 0.717) is 6.42 Å². The van der Waals surface area contributed by atoms with E-state index in [-0.39, 0.29) is 11.5 Å². The van der Waals surface area contributed by atoms with Gasteiger partial charge in [-0.25, -0.2) is 13.2 Å². The summed E-state index contributed by atoms with van der Waals surface area (Å²) >= 11 is 0. The van der Waals surface area contributed by atoms with Gasteiger partial charge < -0.3 is 5.11 Å². The van der Waals surface area contributed by atoms with Crippen molar-refractivity contribution < 1.29 is 18.3 Å². The summed E-state index contributed by atoms with van der Waals surface area (Å²) in [5.74, 6) is -4.16. The topological polar surface area (TPSA) is 20.2 Å². The van der Waals surface area contributed by atoms with Gasteiger partial charge in [0.1, 0.15) is 0 Å². The van der Waals surface area contributed by atoms with Crippen molar-refractivity contribution in [3.63, 3.8) is 0 Å². The molecule has 18 heavy (non-hydrogen) atoms. The number of rotatable bonds is 6. The fourth-order valence-corrected chi connectivity index (χ4v) is 2.07. The summed E-state index contributed by atoms with van der Waals surface area (Å²) in [6, 6.07) is 1.97. The normalized spacial score (nSPS) is 14.6. The van der Waals surface area contributed by atoms with Crippen LogP contribution in [0.4, 0.5) is 13.2 Å². The van der Waals surface area contributed by atoms with Crippen LogP contribution in [0.1, 0.15) is 51.2 Å². The molecular weight excluding hydrogens is 241 g/mol. The molecule has 0 heterocycles. The molecule has 0 radical (unpaired) electrons. The second kappa shape index (κ2) is 6.78. The first-order chi connectivity index (χ1) is 8.52. The van der Waals surface area contributed by atoms with Gasteiger partial charge in [0.15, 0.2) is 17.5 Å². The van der Waals surface area contributed by atoms with Crippen LogP contribution in [0.3, 0.4) is 0 Å². The maximum Gasteiger partial charge on any atom is 0.194 e. The molecule has 0 aliphatic carbocycles. The van der Waals surface area contributed by atoms with Crippen LogP contribution < -0.4 is 0 Å². The number of aliphatic hydroxyl groups excluding tert-OH is 1. The molecule has 0 saturated heterocycles. The molecule has 102 valence electrons. The number of halogens is 3. The number of aliphatic hydroxyl groups is 1. The summed E-state index contributed by atoms with van der Waals surface area (Å²) in [6.07, 6.45) is 2.22. The molecule has 1 rings (SSSR count). The number of benzene rings is 1. The van der Waals surface area contributed by atoms with Gasteiger partial charge in [-0.05, 0) is 18.4 Å². The van der Waals surface area contributed by atoms with E-state index in [1.807, 2.05) is 13.8 Å². The average molecular weight is 260 g/mol. The van der Waals surface area contributed by atoms with Gasteiger partial charge in [0, 0.05) is 5.56 Å². The van der Waals surface area contributed by atoms with Crippen LogP contribution in [-0.2, 0) is 0 Å². The molecule has 0 aliphatic heterocycles. The Morgan fingerprint density at radius 1 is 1.11 bits per heavy atom. The first kappa shape index (κ1) is 15.0. The lowest BCUT2D eigenvalue weighted by Crippen LogP contribution is -2.14. The van der Waals surface area contributed by atoms with Gasteiger partial charge in [-0.15, -0.1) is 0 Å². The zero-order valence-electron chi connectivity index (χ0n) is 10.7. The van der Waals surface area contributed by atoms with E-state index in [1.54, 1.807) is 0 Å². The third kappa shape index (κ3) is 3.25. The van der Waals surface area contributed by atoms with Crippen LogP contribution in [0.25, 0.3) is 0 Å². The molecule has 0 aromatic heterocycles. The molecule has 0 spiro atoms. The maximum atomic E-state index is 13.6. The highest BCUT2D eigenvalue weighted by molar-refractivity contribution is 5.23. The fourth-order valence-electron chi connectivity index (χ4n) is 2.07. The van der Waals surface area contributed by atoms with Gasteiger partial charge in [0.05, 0.1) is 6.10 Å². The minimum atomic E-state index is -1.52. The van der Waals surface area contributed by atoms with Crippen LogP contribution in [-0.4, -0.2) is 5.11 Å². The third-order valence-corrected chi connectivity index (χ3v) is 3.28. The summed E-state index contributed by atoms with van der Waals surface area (Å²) in [7, 11) is 0. The molecule has 0 bridgehead atoms. The lowest BCUT2D eigenvalue weighted by Gasteiger charge is -2.22. The molecule has 0 saturated carbocycles. The van der Waals surface area contributed by atoms with Crippen molar-refractivity contribution in [2.75, 3.05) is 0 Å². The predicted molar refractivity (Wildman–Crippen MR) is 64.6 cm³/mol. The smallest absolute Gasteiger partial charge is 0.194 e. The van der Waals surface area contributed by atoms with E-state index >= 15 is 0 Å². The van der Waals surface area contributed by atoms with Crippen molar-refractivity contribution in [1.82, 2.24) is 0 Å². The predicted octanol–water partition coefficient (Wildman–Crippen LogP) is 4.35. The molecule has 0 fully saturated rings. The van der Waals surface area contributed by atoms with E-state index in [9.17, 15) is 18.3 Å². The van der Waals surface area contributed by atoms with Crippen molar-refractivity contribution in [2.24, 2.45) is 5.92 Å². The SMILES string of the molecule is CCCCC(CC)C(O)c1ccc(F)c(F)c1F. The molecule has 1 aromatic carbocycles. The quantitative estimate of drug-likeness (QED) is 0.754. The Hall–Kier alpha value is -1.03. The standard InChI is InChI=1S/C14H19F3O/c1-3-5-6-9(4-2)14(18)10-7-8-11(15)13(17)12(10)16/h7-9,14,18H,3-6H2,1-2H3. The van der Waals surface area contributed by atoms with Crippen LogP contribution >= 0.6 is 0 Å². The first-order valence-corrected chi connectivity index (χ1v) is 6.34. The van der Waals surface area contributed by atoms with Crippen molar-refractivity contribution in [3.8, 4) is 0 Å². The highest BCUT2D eigenvalue weighted by Gasteiger charge is 2.24. The monoisotopic (exact) mass is 260 g/mol. The fraction of sp³-hybridized carbons (Fsp3) is 0.571. The van der Waals surface area contributed by atoms with Gasteiger partial charge in [-0.2, -0.15) is 0 Å². The highest BCUT2D eigenvalue weighted by Crippen LogP contribution is 2.31. The van der Waals surface area contributed by atoms with Crippen LogP contribution in [0, 0.1) is 23.4 Å². The molecule has 2 atom stereocenters. The summed E-state index contributed by atoms with van der Waals surface area (Å²) < 4.78 is 39.5. The first-order valence-electron chi connectivity index (χ1n) is 6.34.